The number of piperazine rings is 1. The molecule has 0 aliphatic carbocycles. The van der Waals surface area contributed by atoms with Gasteiger partial charge in [0.25, 0.3) is 5.91 Å². The summed E-state index contributed by atoms with van der Waals surface area (Å²) in [5.41, 5.74) is 0.944. The minimum absolute atomic E-state index is 0.172. The molecule has 0 radical (unpaired) electrons. The maximum atomic E-state index is 12.7. The lowest BCUT2D eigenvalue weighted by atomic mass is 9.96. The van der Waals surface area contributed by atoms with Crippen LogP contribution in [0.3, 0.4) is 0 Å². The molecular weight excluding hydrogens is 334 g/mol. The molecule has 1 aromatic carbocycles. The Bertz CT molecular complexity index is 725. The molecule has 1 amide bonds. The number of quaternary nitrogens is 2. The zero-order valence-electron chi connectivity index (χ0n) is 15.3. The molecule has 1 aromatic rings. The summed E-state index contributed by atoms with van der Waals surface area (Å²) in [4.78, 5) is 27.9. The van der Waals surface area contributed by atoms with E-state index in [0.717, 1.165) is 38.3 Å². The number of ether oxygens (including phenoxy) is 1. The van der Waals surface area contributed by atoms with E-state index in [1.807, 2.05) is 24.3 Å². The molecule has 2 aliphatic heterocycles. The van der Waals surface area contributed by atoms with Crippen molar-refractivity contribution in [2.75, 3.05) is 46.4 Å². The van der Waals surface area contributed by atoms with E-state index in [0.29, 0.717) is 12.3 Å². The molecule has 1 saturated heterocycles. The number of nitrogens with zero attached hydrogens (tertiary/aromatic N) is 1. The highest BCUT2D eigenvalue weighted by atomic mass is 16.5. The Morgan fingerprint density at radius 2 is 2.12 bits per heavy atom. The van der Waals surface area contributed by atoms with E-state index >= 15 is 0 Å². The number of rotatable bonds is 6. The lowest BCUT2D eigenvalue weighted by Gasteiger charge is -2.29. The number of nitrogens with one attached hydrogen (secondary N) is 1. The first-order valence-corrected chi connectivity index (χ1v) is 9.07. The molecule has 26 heavy (non-hydrogen) atoms. The summed E-state index contributed by atoms with van der Waals surface area (Å²) in [5, 5.41) is 12.6. The highest BCUT2D eigenvalue weighted by Crippen LogP contribution is 2.38. The van der Waals surface area contributed by atoms with Crippen LogP contribution in [0.4, 0.5) is 0 Å². The molecule has 7 nitrogen and oxygen atoms in total. The molecule has 2 heterocycles. The number of ketones is 1. The summed E-state index contributed by atoms with van der Waals surface area (Å²) in [6.07, 6.45) is 0. The number of Topliss-reactive ketones (excluding diaryl/α,β-unsaturated/α-hetero) is 1. The average molecular weight is 361 g/mol. The third-order valence-electron chi connectivity index (χ3n) is 5.20. The number of carbonyl (C=O) groups is 2. The molecule has 0 spiro atoms. The number of benzene rings is 1. The lowest BCUT2D eigenvalue weighted by Crippen LogP contribution is -3.20. The van der Waals surface area contributed by atoms with Crippen molar-refractivity contribution in [2.45, 2.75) is 13.0 Å². The Labute approximate surface area is 153 Å². The molecule has 1 atom stereocenters. The number of aliphatic hydroxyl groups is 1. The molecule has 7 heteroatoms. The van der Waals surface area contributed by atoms with Gasteiger partial charge in [0, 0.05) is 0 Å². The molecule has 1 fully saturated rings. The monoisotopic (exact) mass is 361 g/mol. The van der Waals surface area contributed by atoms with E-state index in [9.17, 15) is 14.7 Å². The smallest absolute Gasteiger partial charge is 0.290 e. The van der Waals surface area contributed by atoms with E-state index < -0.39 is 17.7 Å². The SMILES string of the molecule is COc1cccc([C@H]2C(C(C)=O)=C(O)C(=O)N2CC[NH+]2CC[NH2+]CC2)c1. The number of hydrogen-bond donors (Lipinski definition) is 3. The van der Waals surface area contributed by atoms with Crippen LogP contribution in [0.25, 0.3) is 0 Å². The highest BCUT2D eigenvalue weighted by Gasteiger charge is 2.42. The van der Waals surface area contributed by atoms with Crippen molar-refractivity contribution in [1.29, 1.82) is 0 Å². The second kappa shape index (κ2) is 7.88. The van der Waals surface area contributed by atoms with Gasteiger partial charge in [-0.25, -0.2) is 0 Å². The van der Waals surface area contributed by atoms with Gasteiger partial charge in [0.05, 0.1) is 31.8 Å². The van der Waals surface area contributed by atoms with Crippen molar-refractivity contribution in [3.8, 4) is 5.75 Å². The number of carbonyl (C=O) groups excluding carboxylic acids is 2. The fraction of sp³-hybridized carbons (Fsp3) is 0.474. The van der Waals surface area contributed by atoms with Crippen molar-refractivity contribution in [1.82, 2.24) is 4.90 Å². The predicted molar refractivity (Wildman–Crippen MR) is 95.0 cm³/mol. The summed E-state index contributed by atoms with van der Waals surface area (Å²) in [5.74, 6) is -0.522. The van der Waals surface area contributed by atoms with Crippen LogP contribution in [0.1, 0.15) is 18.5 Å². The van der Waals surface area contributed by atoms with Crippen molar-refractivity contribution < 1.29 is 29.6 Å². The van der Waals surface area contributed by atoms with Crippen LogP contribution in [0.15, 0.2) is 35.6 Å². The Balaban J connectivity index is 1.88. The molecule has 2 aliphatic rings. The van der Waals surface area contributed by atoms with Crippen molar-refractivity contribution in [2.24, 2.45) is 0 Å². The van der Waals surface area contributed by atoms with Crippen molar-refractivity contribution in [3.63, 3.8) is 0 Å². The van der Waals surface area contributed by atoms with Gasteiger partial charge in [0.15, 0.2) is 11.5 Å². The van der Waals surface area contributed by atoms with Gasteiger partial charge in [-0.05, 0) is 24.6 Å². The second-order valence-corrected chi connectivity index (χ2v) is 6.86. The molecule has 0 unspecified atom stereocenters. The first-order chi connectivity index (χ1) is 12.5. The summed E-state index contributed by atoms with van der Waals surface area (Å²) in [6, 6.07) is 6.75. The van der Waals surface area contributed by atoms with Gasteiger partial charge in [-0.1, -0.05) is 12.1 Å². The van der Waals surface area contributed by atoms with E-state index in [4.69, 9.17) is 4.74 Å². The number of aliphatic hydroxyl groups excluding tert-OH is 1. The summed E-state index contributed by atoms with van der Waals surface area (Å²) < 4.78 is 5.28. The van der Waals surface area contributed by atoms with Crippen LogP contribution in [0.5, 0.6) is 5.75 Å². The van der Waals surface area contributed by atoms with Crippen LogP contribution in [-0.4, -0.2) is 68.1 Å². The Kier molecular flexibility index (Phi) is 5.58. The first kappa shape index (κ1) is 18.4. The Morgan fingerprint density at radius 3 is 2.77 bits per heavy atom. The molecule has 140 valence electrons. The maximum absolute atomic E-state index is 12.7. The van der Waals surface area contributed by atoms with Gasteiger partial charge in [-0.3, -0.25) is 9.59 Å². The lowest BCUT2D eigenvalue weighted by molar-refractivity contribution is -0.946. The van der Waals surface area contributed by atoms with Gasteiger partial charge in [0.2, 0.25) is 0 Å². The van der Waals surface area contributed by atoms with Gasteiger partial charge >= 0.3 is 0 Å². The summed E-state index contributed by atoms with van der Waals surface area (Å²) in [7, 11) is 1.58. The van der Waals surface area contributed by atoms with Gasteiger partial charge in [-0.2, -0.15) is 0 Å². The zero-order valence-corrected chi connectivity index (χ0v) is 15.3. The third kappa shape index (κ3) is 3.59. The highest BCUT2D eigenvalue weighted by molar-refractivity contribution is 6.08. The predicted octanol–water partition coefficient (Wildman–Crippen LogP) is -1.56. The largest absolute Gasteiger partial charge is 0.503 e. The van der Waals surface area contributed by atoms with Gasteiger partial charge in [0.1, 0.15) is 31.9 Å². The number of amides is 1. The fourth-order valence-electron chi connectivity index (χ4n) is 3.81. The van der Waals surface area contributed by atoms with Crippen LogP contribution in [0, 0.1) is 0 Å². The minimum Gasteiger partial charge on any atom is -0.503 e. The molecule has 0 bridgehead atoms. The molecule has 0 aromatic heterocycles. The van der Waals surface area contributed by atoms with E-state index in [1.54, 1.807) is 12.0 Å². The maximum Gasteiger partial charge on any atom is 0.290 e. The minimum atomic E-state index is -0.564. The van der Waals surface area contributed by atoms with Crippen molar-refractivity contribution in [3.05, 3.63) is 41.2 Å². The van der Waals surface area contributed by atoms with Crippen molar-refractivity contribution >= 4 is 11.7 Å². The van der Waals surface area contributed by atoms with Gasteiger partial charge < -0.3 is 25.0 Å². The van der Waals surface area contributed by atoms with Crippen LogP contribution in [-0.2, 0) is 9.59 Å². The first-order valence-electron chi connectivity index (χ1n) is 9.07. The van der Waals surface area contributed by atoms with E-state index in [2.05, 4.69) is 5.32 Å². The summed E-state index contributed by atoms with van der Waals surface area (Å²) in [6.45, 7) is 6.99. The average Bonchev–Trinajstić information content (AvgIpc) is 2.92. The normalized spacial score (nSPS) is 21.4. The van der Waals surface area contributed by atoms with E-state index in [-0.39, 0.29) is 11.4 Å². The topological polar surface area (TPSA) is 87.9 Å². The molecular formula is C19H27N3O4+2. The molecule has 0 saturated carbocycles. The van der Waals surface area contributed by atoms with Crippen LogP contribution >= 0.6 is 0 Å². The van der Waals surface area contributed by atoms with Crippen LogP contribution in [0.2, 0.25) is 0 Å². The quantitative estimate of drug-likeness (QED) is 0.572. The Morgan fingerprint density at radius 1 is 1.38 bits per heavy atom. The second-order valence-electron chi connectivity index (χ2n) is 6.86. The number of nitrogens with two attached hydrogens (primary N) is 1. The molecule has 3 rings (SSSR count). The Hall–Kier alpha value is -2.38. The third-order valence-corrected chi connectivity index (χ3v) is 5.20. The van der Waals surface area contributed by atoms with E-state index in [1.165, 1.54) is 11.8 Å². The zero-order chi connectivity index (χ0) is 18.7. The van der Waals surface area contributed by atoms with Gasteiger partial charge in [-0.15, -0.1) is 0 Å². The fourth-order valence-corrected chi connectivity index (χ4v) is 3.81. The number of methoxy groups -OCH3 is 1. The van der Waals surface area contributed by atoms with Crippen LogP contribution < -0.4 is 15.0 Å². The number of hydrogen-bond acceptors (Lipinski definition) is 4. The molecule has 4 N–H and O–H groups in total. The standard InChI is InChI=1S/C19H25N3O4/c1-13(23)16-17(14-4-3-5-15(12-14)26-2)22(19(25)18(16)24)11-10-21-8-6-20-7-9-21/h3-5,12,17,20,24H,6-11H2,1-2H3/p+2/t17-/m0/s1. The summed E-state index contributed by atoms with van der Waals surface area (Å²) >= 11 is 0.